The second-order valence-corrected chi connectivity index (χ2v) is 4.97. The highest BCUT2D eigenvalue weighted by Crippen LogP contribution is 2.13. The van der Waals surface area contributed by atoms with Gasteiger partial charge in [0, 0.05) is 12.5 Å². The van der Waals surface area contributed by atoms with Gasteiger partial charge < -0.3 is 15.5 Å². The number of hydrogen-bond acceptors (Lipinski definition) is 3. The molecule has 4 heteroatoms. The van der Waals surface area contributed by atoms with Gasteiger partial charge in [-0.05, 0) is 36.0 Å². The number of amides is 1. The van der Waals surface area contributed by atoms with Gasteiger partial charge in [-0.25, -0.2) is 0 Å². The molecule has 20 heavy (non-hydrogen) atoms. The Bertz CT molecular complexity index is 428. The van der Waals surface area contributed by atoms with Crippen LogP contribution in [0, 0.1) is 5.92 Å². The number of rotatable bonds is 8. The van der Waals surface area contributed by atoms with Crippen LogP contribution in [0.2, 0.25) is 0 Å². The summed E-state index contributed by atoms with van der Waals surface area (Å²) in [5.41, 5.74) is 2.55. The van der Waals surface area contributed by atoms with Crippen LogP contribution in [-0.2, 0) is 24.4 Å². The van der Waals surface area contributed by atoms with Crippen molar-refractivity contribution < 1.29 is 15.0 Å². The number of benzene rings is 1. The molecule has 0 saturated carbocycles. The number of aliphatic hydroxyl groups is 2. The minimum atomic E-state index is -0.0795. The van der Waals surface area contributed by atoms with Crippen LogP contribution >= 0.6 is 0 Å². The van der Waals surface area contributed by atoms with Gasteiger partial charge in [0.25, 0.3) is 0 Å². The molecule has 4 nitrogen and oxygen atoms in total. The van der Waals surface area contributed by atoms with E-state index in [1.54, 1.807) is 0 Å². The van der Waals surface area contributed by atoms with E-state index in [-0.39, 0.29) is 25.0 Å². The predicted molar refractivity (Wildman–Crippen MR) is 79.1 cm³/mol. The lowest BCUT2D eigenvalue weighted by atomic mass is 10.0. The van der Waals surface area contributed by atoms with E-state index in [0.717, 1.165) is 36.0 Å². The summed E-state index contributed by atoms with van der Waals surface area (Å²) in [6.45, 7) is 4.49. The first-order valence-corrected chi connectivity index (χ1v) is 7.26. The van der Waals surface area contributed by atoms with Gasteiger partial charge in [-0.1, -0.05) is 32.0 Å². The molecule has 112 valence electrons. The maximum atomic E-state index is 11.8. The first-order valence-electron chi connectivity index (χ1n) is 7.26. The SMILES string of the molecule is CCC(CC)C(=O)NCCc1ccc(CO)c(CO)c1. The van der Waals surface area contributed by atoms with Crippen LogP contribution in [0.15, 0.2) is 18.2 Å². The minimum Gasteiger partial charge on any atom is -0.392 e. The van der Waals surface area contributed by atoms with Gasteiger partial charge >= 0.3 is 0 Å². The van der Waals surface area contributed by atoms with Crippen LogP contribution < -0.4 is 5.32 Å². The Kier molecular flexibility index (Phi) is 7.26. The molecule has 0 unspecified atom stereocenters. The van der Waals surface area contributed by atoms with Crippen molar-refractivity contribution >= 4 is 5.91 Å². The van der Waals surface area contributed by atoms with Crippen LogP contribution in [0.4, 0.5) is 0 Å². The quantitative estimate of drug-likeness (QED) is 0.679. The Morgan fingerprint density at radius 1 is 1.15 bits per heavy atom. The van der Waals surface area contributed by atoms with E-state index in [0.29, 0.717) is 6.54 Å². The molecule has 0 fully saturated rings. The van der Waals surface area contributed by atoms with Crippen molar-refractivity contribution in [2.24, 2.45) is 5.92 Å². The molecule has 0 aliphatic carbocycles. The third-order valence-electron chi connectivity index (χ3n) is 3.68. The van der Waals surface area contributed by atoms with E-state index >= 15 is 0 Å². The zero-order valence-electron chi connectivity index (χ0n) is 12.4. The molecule has 1 aromatic rings. The van der Waals surface area contributed by atoms with Crippen molar-refractivity contribution in [3.8, 4) is 0 Å². The Morgan fingerprint density at radius 2 is 1.80 bits per heavy atom. The Morgan fingerprint density at radius 3 is 2.35 bits per heavy atom. The van der Waals surface area contributed by atoms with E-state index in [1.165, 1.54) is 0 Å². The van der Waals surface area contributed by atoms with E-state index in [9.17, 15) is 9.90 Å². The van der Waals surface area contributed by atoms with Gasteiger partial charge in [-0.2, -0.15) is 0 Å². The van der Waals surface area contributed by atoms with Crippen LogP contribution in [0.1, 0.15) is 43.4 Å². The summed E-state index contributed by atoms with van der Waals surface area (Å²) in [7, 11) is 0. The second-order valence-electron chi connectivity index (χ2n) is 4.97. The summed E-state index contributed by atoms with van der Waals surface area (Å²) in [6.07, 6.45) is 2.45. The van der Waals surface area contributed by atoms with E-state index in [4.69, 9.17) is 5.11 Å². The van der Waals surface area contributed by atoms with Gasteiger partial charge in [0.2, 0.25) is 5.91 Å². The summed E-state index contributed by atoms with van der Waals surface area (Å²) in [6, 6.07) is 5.63. The highest BCUT2D eigenvalue weighted by Gasteiger charge is 2.13. The van der Waals surface area contributed by atoms with Crippen molar-refractivity contribution in [3.63, 3.8) is 0 Å². The molecule has 0 atom stereocenters. The second kappa shape index (κ2) is 8.72. The van der Waals surface area contributed by atoms with Crippen LogP contribution in [-0.4, -0.2) is 22.7 Å². The monoisotopic (exact) mass is 279 g/mol. The van der Waals surface area contributed by atoms with Crippen molar-refractivity contribution in [1.82, 2.24) is 5.32 Å². The normalized spacial score (nSPS) is 10.8. The fraction of sp³-hybridized carbons (Fsp3) is 0.562. The predicted octanol–water partition coefficient (Wildman–Crippen LogP) is 1.77. The lowest BCUT2D eigenvalue weighted by Gasteiger charge is -2.13. The highest BCUT2D eigenvalue weighted by molar-refractivity contribution is 5.78. The smallest absolute Gasteiger partial charge is 0.223 e. The summed E-state index contributed by atoms with van der Waals surface area (Å²) < 4.78 is 0. The molecule has 0 saturated heterocycles. The van der Waals surface area contributed by atoms with E-state index in [1.807, 2.05) is 32.0 Å². The van der Waals surface area contributed by atoms with Gasteiger partial charge in [0.05, 0.1) is 13.2 Å². The molecule has 1 amide bonds. The van der Waals surface area contributed by atoms with Gasteiger partial charge in [0.1, 0.15) is 0 Å². The zero-order chi connectivity index (χ0) is 15.0. The topological polar surface area (TPSA) is 69.6 Å². The maximum absolute atomic E-state index is 11.8. The molecule has 0 aliphatic rings. The minimum absolute atomic E-state index is 0.0679. The standard InChI is InChI=1S/C16H25NO3/c1-3-13(4-2)16(20)17-8-7-12-5-6-14(10-18)15(9-12)11-19/h5-6,9,13,18-19H,3-4,7-8,10-11H2,1-2H3,(H,17,20). The van der Waals surface area contributed by atoms with Crippen LogP contribution in [0.25, 0.3) is 0 Å². The van der Waals surface area contributed by atoms with Crippen LogP contribution in [0.5, 0.6) is 0 Å². The number of carbonyl (C=O) groups is 1. The molecular weight excluding hydrogens is 254 g/mol. The number of hydrogen-bond donors (Lipinski definition) is 3. The number of nitrogens with one attached hydrogen (secondary N) is 1. The van der Waals surface area contributed by atoms with Gasteiger partial charge in [-0.3, -0.25) is 4.79 Å². The summed E-state index contributed by atoms with van der Waals surface area (Å²) >= 11 is 0. The molecule has 0 bridgehead atoms. The summed E-state index contributed by atoms with van der Waals surface area (Å²) in [5, 5.41) is 21.3. The lowest BCUT2D eigenvalue weighted by molar-refractivity contribution is -0.125. The summed E-state index contributed by atoms with van der Waals surface area (Å²) in [4.78, 5) is 11.8. The molecule has 1 aromatic carbocycles. The Labute approximate surface area is 120 Å². The number of carbonyl (C=O) groups excluding carboxylic acids is 1. The highest BCUT2D eigenvalue weighted by atomic mass is 16.3. The first-order chi connectivity index (χ1) is 9.65. The molecular formula is C16H25NO3. The van der Waals surface area contributed by atoms with Gasteiger partial charge in [0.15, 0.2) is 0 Å². The third-order valence-corrected chi connectivity index (χ3v) is 3.68. The van der Waals surface area contributed by atoms with E-state index < -0.39 is 0 Å². The van der Waals surface area contributed by atoms with Gasteiger partial charge in [-0.15, -0.1) is 0 Å². The average Bonchev–Trinajstić information content (AvgIpc) is 2.48. The molecule has 1 rings (SSSR count). The van der Waals surface area contributed by atoms with Crippen molar-refractivity contribution in [3.05, 3.63) is 34.9 Å². The molecule has 0 aromatic heterocycles. The Hall–Kier alpha value is -1.39. The largest absolute Gasteiger partial charge is 0.392 e. The van der Waals surface area contributed by atoms with Crippen molar-refractivity contribution in [2.75, 3.05) is 6.54 Å². The van der Waals surface area contributed by atoms with E-state index in [2.05, 4.69) is 5.32 Å². The molecule has 0 aliphatic heterocycles. The Balaban J connectivity index is 2.52. The fourth-order valence-corrected chi connectivity index (χ4v) is 2.27. The molecule has 0 spiro atoms. The maximum Gasteiger partial charge on any atom is 0.223 e. The van der Waals surface area contributed by atoms with Crippen LogP contribution in [0.3, 0.4) is 0 Å². The molecule has 0 heterocycles. The number of aliphatic hydroxyl groups excluding tert-OH is 2. The summed E-state index contributed by atoms with van der Waals surface area (Å²) in [5.74, 6) is 0.212. The average molecular weight is 279 g/mol. The fourth-order valence-electron chi connectivity index (χ4n) is 2.27. The van der Waals surface area contributed by atoms with Crippen molar-refractivity contribution in [1.29, 1.82) is 0 Å². The van der Waals surface area contributed by atoms with Crippen molar-refractivity contribution in [2.45, 2.75) is 46.3 Å². The first kappa shape index (κ1) is 16.7. The zero-order valence-corrected chi connectivity index (χ0v) is 12.4. The molecule has 3 N–H and O–H groups in total. The molecule has 0 radical (unpaired) electrons. The lowest BCUT2D eigenvalue weighted by Crippen LogP contribution is -2.31. The third kappa shape index (κ3) is 4.62.